The molecule has 0 aromatic carbocycles. The van der Waals surface area contributed by atoms with Gasteiger partial charge < -0.3 is 20.9 Å². The van der Waals surface area contributed by atoms with Crippen molar-refractivity contribution in [3.8, 4) is 6.07 Å². The van der Waals surface area contributed by atoms with Crippen molar-refractivity contribution in [1.29, 1.82) is 5.26 Å². The second-order valence-electron chi connectivity index (χ2n) is 8.29. The fourth-order valence-corrected chi connectivity index (χ4v) is 4.12. The Hall–Kier alpha value is -3.41. The second-order valence-corrected chi connectivity index (χ2v) is 8.29. The van der Waals surface area contributed by atoms with Crippen LogP contribution in [0, 0.1) is 24.2 Å². The highest BCUT2D eigenvalue weighted by molar-refractivity contribution is 6.03. The highest BCUT2D eigenvalue weighted by Gasteiger charge is 2.36. The summed E-state index contributed by atoms with van der Waals surface area (Å²) in [5.41, 5.74) is 1.97. The van der Waals surface area contributed by atoms with Crippen LogP contribution in [0.3, 0.4) is 0 Å². The number of rotatable bonds is 5. The van der Waals surface area contributed by atoms with Crippen LogP contribution in [0.2, 0.25) is 0 Å². The van der Waals surface area contributed by atoms with Crippen LogP contribution >= 0.6 is 0 Å². The molecule has 1 atom stereocenters. The predicted octanol–water partition coefficient (Wildman–Crippen LogP) is 2.52. The van der Waals surface area contributed by atoms with Crippen molar-refractivity contribution in [3.63, 3.8) is 0 Å². The van der Waals surface area contributed by atoms with Gasteiger partial charge in [-0.05, 0) is 37.8 Å². The molecule has 0 radical (unpaired) electrons. The zero-order valence-electron chi connectivity index (χ0n) is 17.6. The van der Waals surface area contributed by atoms with E-state index in [9.17, 15) is 10.1 Å². The molecule has 2 aromatic heterocycles. The van der Waals surface area contributed by atoms with E-state index in [1.807, 2.05) is 32.7 Å². The Morgan fingerprint density at radius 3 is 2.70 bits per heavy atom. The number of carbonyl (C=O) groups is 1. The third kappa shape index (κ3) is 3.61. The van der Waals surface area contributed by atoms with Crippen LogP contribution in [0.5, 0.6) is 0 Å². The van der Waals surface area contributed by atoms with Crippen molar-refractivity contribution in [1.82, 2.24) is 15.0 Å². The monoisotopic (exact) mass is 406 g/mol. The fraction of sp³-hybridized carbons (Fsp3) is 0.476. The molecule has 4 rings (SSSR count). The Kier molecular flexibility index (Phi) is 5.16. The van der Waals surface area contributed by atoms with Crippen molar-refractivity contribution >= 4 is 29.2 Å². The molecule has 0 bridgehead atoms. The van der Waals surface area contributed by atoms with Crippen LogP contribution in [0.15, 0.2) is 18.3 Å². The molecule has 3 heterocycles. The largest absolute Gasteiger partial charge is 0.366 e. The summed E-state index contributed by atoms with van der Waals surface area (Å²) in [6.07, 6.45) is 3.44. The molecule has 0 unspecified atom stereocenters. The van der Waals surface area contributed by atoms with Gasteiger partial charge in [-0.2, -0.15) is 10.2 Å². The summed E-state index contributed by atoms with van der Waals surface area (Å²) in [7, 11) is 1.90. The van der Waals surface area contributed by atoms with Crippen LogP contribution < -0.4 is 20.9 Å². The summed E-state index contributed by atoms with van der Waals surface area (Å²) in [4.78, 5) is 27.9. The lowest BCUT2D eigenvalue weighted by atomic mass is 9.86. The van der Waals surface area contributed by atoms with Crippen LogP contribution in [0.1, 0.15) is 37.9 Å². The number of likely N-dealkylation sites (N-methyl/N-ethyl adjacent to an activating group) is 1. The van der Waals surface area contributed by atoms with Crippen LogP contribution in [0.4, 0.5) is 23.3 Å². The number of hydrogen-bond acceptors (Lipinski definition) is 8. The SMILES string of the molecule is Cc1nc(N[C@H]2C[C@@H](Nc3ncccc3C#N)C2)nc2c1NC(=O)[C@H](C(C)C)N2C. The number of aromatic nitrogens is 3. The molecule has 9 nitrogen and oxygen atoms in total. The first-order chi connectivity index (χ1) is 14.4. The van der Waals surface area contributed by atoms with E-state index in [0.29, 0.717) is 23.0 Å². The van der Waals surface area contributed by atoms with Gasteiger partial charge in [-0.1, -0.05) is 13.8 Å². The van der Waals surface area contributed by atoms with Gasteiger partial charge in [0, 0.05) is 25.3 Å². The summed E-state index contributed by atoms with van der Waals surface area (Å²) in [6.45, 7) is 5.94. The number of nitrogens with one attached hydrogen (secondary N) is 3. The lowest BCUT2D eigenvalue weighted by molar-refractivity contribution is -0.118. The third-order valence-electron chi connectivity index (χ3n) is 5.71. The lowest BCUT2D eigenvalue weighted by Crippen LogP contribution is -2.50. The Morgan fingerprint density at radius 2 is 2.00 bits per heavy atom. The molecule has 0 saturated heterocycles. The van der Waals surface area contributed by atoms with Gasteiger partial charge in [0.2, 0.25) is 11.9 Å². The van der Waals surface area contributed by atoms with Crippen molar-refractivity contribution in [2.24, 2.45) is 5.92 Å². The molecule has 156 valence electrons. The first-order valence-electron chi connectivity index (χ1n) is 10.2. The number of amides is 1. The van der Waals surface area contributed by atoms with E-state index in [4.69, 9.17) is 4.98 Å². The number of fused-ring (bicyclic) bond motifs is 1. The van der Waals surface area contributed by atoms with E-state index < -0.39 is 0 Å². The quantitative estimate of drug-likeness (QED) is 0.693. The molecule has 1 saturated carbocycles. The van der Waals surface area contributed by atoms with Gasteiger partial charge >= 0.3 is 0 Å². The van der Waals surface area contributed by atoms with E-state index >= 15 is 0 Å². The molecule has 1 fully saturated rings. The number of pyridine rings is 1. The van der Waals surface area contributed by atoms with Crippen molar-refractivity contribution in [2.45, 2.75) is 51.7 Å². The molecule has 1 amide bonds. The van der Waals surface area contributed by atoms with Crippen LogP contribution in [0.25, 0.3) is 0 Å². The number of anilines is 4. The molecule has 9 heteroatoms. The minimum absolute atomic E-state index is 0.0217. The predicted molar refractivity (Wildman–Crippen MR) is 115 cm³/mol. The molecule has 2 aliphatic rings. The molecule has 1 aliphatic carbocycles. The fourth-order valence-electron chi connectivity index (χ4n) is 4.12. The summed E-state index contributed by atoms with van der Waals surface area (Å²) in [6, 6.07) is 5.89. The topological polar surface area (TPSA) is 119 Å². The zero-order valence-corrected chi connectivity index (χ0v) is 17.6. The molecular weight excluding hydrogens is 380 g/mol. The minimum Gasteiger partial charge on any atom is -0.366 e. The van der Waals surface area contributed by atoms with E-state index in [2.05, 4.69) is 32.0 Å². The molecule has 0 spiro atoms. The average Bonchev–Trinajstić information content (AvgIpc) is 2.67. The van der Waals surface area contributed by atoms with E-state index in [0.717, 1.165) is 24.4 Å². The Balaban J connectivity index is 1.43. The van der Waals surface area contributed by atoms with Gasteiger partial charge in [0.1, 0.15) is 23.6 Å². The van der Waals surface area contributed by atoms with Gasteiger partial charge in [0.25, 0.3) is 0 Å². The van der Waals surface area contributed by atoms with Gasteiger partial charge in [-0.3, -0.25) is 4.79 Å². The van der Waals surface area contributed by atoms with Crippen molar-refractivity contribution < 1.29 is 4.79 Å². The smallest absolute Gasteiger partial charge is 0.247 e. The first kappa shape index (κ1) is 19.9. The minimum atomic E-state index is -0.260. The van der Waals surface area contributed by atoms with Gasteiger partial charge in [0.15, 0.2) is 5.82 Å². The summed E-state index contributed by atoms with van der Waals surface area (Å²) < 4.78 is 0. The van der Waals surface area contributed by atoms with Gasteiger partial charge in [0.05, 0.1) is 11.3 Å². The number of nitrogens with zero attached hydrogens (tertiary/aromatic N) is 5. The van der Waals surface area contributed by atoms with E-state index in [1.54, 1.807) is 18.3 Å². The van der Waals surface area contributed by atoms with Gasteiger partial charge in [-0.15, -0.1) is 0 Å². The number of hydrogen-bond donors (Lipinski definition) is 3. The maximum Gasteiger partial charge on any atom is 0.247 e. The highest BCUT2D eigenvalue weighted by Crippen LogP contribution is 2.35. The van der Waals surface area contributed by atoms with Crippen molar-refractivity contribution in [3.05, 3.63) is 29.6 Å². The molecule has 30 heavy (non-hydrogen) atoms. The summed E-state index contributed by atoms with van der Waals surface area (Å²) in [5, 5.41) is 18.9. The third-order valence-corrected chi connectivity index (χ3v) is 5.71. The normalized spacial score (nSPS) is 22.6. The van der Waals surface area contributed by atoms with Crippen LogP contribution in [-0.4, -0.2) is 46.0 Å². The summed E-state index contributed by atoms with van der Waals surface area (Å²) in [5.74, 6) is 2.08. The molecule has 2 aromatic rings. The second kappa shape index (κ2) is 7.78. The van der Waals surface area contributed by atoms with Gasteiger partial charge in [-0.25, -0.2) is 9.97 Å². The summed E-state index contributed by atoms with van der Waals surface area (Å²) >= 11 is 0. The first-order valence-corrected chi connectivity index (χ1v) is 10.2. The number of nitriles is 1. The Labute approximate surface area is 175 Å². The molecule has 1 aliphatic heterocycles. The van der Waals surface area contributed by atoms with Crippen LogP contribution in [-0.2, 0) is 4.79 Å². The molecule has 3 N–H and O–H groups in total. The maximum atomic E-state index is 12.5. The number of aryl methyl sites for hydroxylation is 1. The van der Waals surface area contributed by atoms with E-state index in [-0.39, 0.29) is 30.0 Å². The molecular formula is C21H26N8O. The number of carbonyl (C=O) groups excluding carboxylic acids is 1. The zero-order chi connectivity index (χ0) is 21.4. The highest BCUT2D eigenvalue weighted by atomic mass is 16.2. The maximum absolute atomic E-state index is 12.5. The van der Waals surface area contributed by atoms with Crippen molar-refractivity contribution in [2.75, 3.05) is 27.9 Å². The lowest BCUT2D eigenvalue weighted by Gasteiger charge is -2.38. The standard InChI is InChI=1S/C21H26N8O/c1-11(2)17-20(30)27-16-12(3)24-21(28-19(16)29(17)4)26-15-8-14(9-15)25-18-13(10-22)6-5-7-23-18/h5-7,11,14-15,17H,8-9H2,1-4H3,(H,23,25)(H,27,30)(H,24,26,28)/t14-,15+,17-/m0/s1. The Morgan fingerprint density at radius 1 is 1.27 bits per heavy atom. The average molecular weight is 406 g/mol. The Bertz CT molecular complexity index is 1010. The van der Waals surface area contributed by atoms with E-state index in [1.165, 1.54) is 0 Å².